The number of aromatic nitrogens is 2. The van der Waals surface area contributed by atoms with E-state index in [0.29, 0.717) is 37.7 Å². The molecule has 0 unspecified atom stereocenters. The van der Waals surface area contributed by atoms with Crippen LogP contribution < -0.4 is 10.2 Å². The summed E-state index contributed by atoms with van der Waals surface area (Å²) in [7, 11) is 0. The van der Waals surface area contributed by atoms with Gasteiger partial charge in [0.15, 0.2) is 0 Å². The van der Waals surface area contributed by atoms with Crippen LogP contribution in [-0.2, 0) is 12.7 Å². The molecule has 0 atom stereocenters. The number of benzene rings is 1. The summed E-state index contributed by atoms with van der Waals surface area (Å²) in [4.78, 5) is 24.3. The Labute approximate surface area is 148 Å². The summed E-state index contributed by atoms with van der Waals surface area (Å²) in [5.41, 5.74) is -0.0884. The van der Waals surface area contributed by atoms with E-state index in [0.717, 1.165) is 12.1 Å². The Kier molecular flexibility index (Phi) is 5.24. The van der Waals surface area contributed by atoms with Crippen LogP contribution in [0, 0.1) is 0 Å². The summed E-state index contributed by atoms with van der Waals surface area (Å²) < 4.78 is 37.6. The Balaban J connectivity index is 1.47. The number of hydrogen-bond donors (Lipinski definition) is 1. The van der Waals surface area contributed by atoms with Crippen molar-refractivity contribution in [1.29, 1.82) is 0 Å². The maximum absolute atomic E-state index is 12.5. The van der Waals surface area contributed by atoms with Gasteiger partial charge < -0.3 is 15.1 Å². The van der Waals surface area contributed by atoms with Crippen LogP contribution in [0.4, 0.5) is 23.9 Å². The Morgan fingerprint density at radius 2 is 1.65 bits per heavy atom. The molecule has 1 aliphatic rings. The van der Waals surface area contributed by atoms with Gasteiger partial charge >= 0.3 is 12.2 Å². The molecule has 1 aromatic heterocycles. The molecule has 2 amide bonds. The zero-order valence-electron chi connectivity index (χ0n) is 13.9. The molecular formula is C17H18F3N5O. The van der Waals surface area contributed by atoms with E-state index in [9.17, 15) is 18.0 Å². The van der Waals surface area contributed by atoms with E-state index in [1.165, 1.54) is 12.1 Å². The Morgan fingerprint density at radius 1 is 1.04 bits per heavy atom. The second-order valence-corrected chi connectivity index (χ2v) is 5.88. The zero-order valence-corrected chi connectivity index (χ0v) is 13.9. The Morgan fingerprint density at radius 3 is 2.23 bits per heavy atom. The predicted molar refractivity (Wildman–Crippen MR) is 89.5 cm³/mol. The molecule has 138 valence electrons. The van der Waals surface area contributed by atoms with Crippen molar-refractivity contribution >= 4 is 12.0 Å². The minimum atomic E-state index is -4.36. The zero-order chi connectivity index (χ0) is 18.6. The normalized spacial score (nSPS) is 15.0. The first-order chi connectivity index (χ1) is 12.4. The van der Waals surface area contributed by atoms with E-state index >= 15 is 0 Å². The lowest BCUT2D eigenvalue weighted by molar-refractivity contribution is -0.137. The number of anilines is 1. The fourth-order valence-electron chi connectivity index (χ4n) is 2.67. The number of amides is 2. The standard InChI is InChI=1S/C17H18F3N5O/c18-17(19,20)14-4-2-13(3-5-14)12-23-16(26)25-10-8-24(9-11-25)15-21-6-1-7-22-15/h1-7H,8-12H2,(H,23,26). The lowest BCUT2D eigenvalue weighted by atomic mass is 10.1. The van der Waals surface area contributed by atoms with E-state index in [1.807, 2.05) is 4.90 Å². The largest absolute Gasteiger partial charge is 0.416 e. The summed E-state index contributed by atoms with van der Waals surface area (Å²) in [6, 6.07) is 6.27. The van der Waals surface area contributed by atoms with Gasteiger partial charge in [0.05, 0.1) is 5.56 Å². The van der Waals surface area contributed by atoms with Gasteiger partial charge in [-0.25, -0.2) is 14.8 Å². The number of urea groups is 1. The third-order valence-corrected chi connectivity index (χ3v) is 4.13. The van der Waals surface area contributed by atoms with E-state index in [2.05, 4.69) is 15.3 Å². The van der Waals surface area contributed by atoms with Gasteiger partial charge in [-0.15, -0.1) is 0 Å². The lowest BCUT2D eigenvalue weighted by Gasteiger charge is -2.34. The highest BCUT2D eigenvalue weighted by Gasteiger charge is 2.30. The van der Waals surface area contributed by atoms with Crippen molar-refractivity contribution in [2.75, 3.05) is 31.1 Å². The van der Waals surface area contributed by atoms with Gasteiger partial charge in [-0.1, -0.05) is 12.1 Å². The van der Waals surface area contributed by atoms with Crippen LogP contribution >= 0.6 is 0 Å². The molecule has 0 radical (unpaired) electrons. The molecule has 2 aromatic rings. The summed E-state index contributed by atoms with van der Waals surface area (Å²) >= 11 is 0. The summed E-state index contributed by atoms with van der Waals surface area (Å²) in [6.45, 7) is 2.47. The molecule has 2 heterocycles. The number of hydrogen-bond acceptors (Lipinski definition) is 4. The third kappa shape index (κ3) is 4.41. The number of alkyl halides is 3. The maximum atomic E-state index is 12.5. The van der Waals surface area contributed by atoms with Crippen LogP contribution in [0.2, 0.25) is 0 Å². The molecule has 0 spiro atoms. The van der Waals surface area contributed by atoms with Gasteiger partial charge in [0.2, 0.25) is 5.95 Å². The fourth-order valence-corrected chi connectivity index (χ4v) is 2.67. The third-order valence-electron chi connectivity index (χ3n) is 4.13. The molecule has 1 fully saturated rings. The molecule has 1 aliphatic heterocycles. The number of nitrogens with one attached hydrogen (secondary N) is 1. The van der Waals surface area contributed by atoms with Gasteiger partial charge in [-0.05, 0) is 23.8 Å². The number of nitrogens with zero attached hydrogens (tertiary/aromatic N) is 4. The number of halogens is 3. The Hall–Kier alpha value is -2.84. The minimum absolute atomic E-state index is 0.180. The van der Waals surface area contributed by atoms with Crippen LogP contribution in [0.3, 0.4) is 0 Å². The molecule has 3 rings (SSSR count). The molecule has 26 heavy (non-hydrogen) atoms. The fraction of sp³-hybridized carbons (Fsp3) is 0.353. The average molecular weight is 365 g/mol. The van der Waals surface area contributed by atoms with Crippen LogP contribution in [0.15, 0.2) is 42.7 Å². The SMILES string of the molecule is O=C(NCc1ccc(C(F)(F)F)cc1)N1CCN(c2ncccn2)CC1. The minimum Gasteiger partial charge on any atom is -0.337 e. The number of carbonyl (C=O) groups excluding carboxylic acids is 1. The quantitative estimate of drug-likeness (QED) is 0.908. The van der Waals surface area contributed by atoms with Gasteiger partial charge in [0.1, 0.15) is 0 Å². The summed E-state index contributed by atoms with van der Waals surface area (Å²) in [6.07, 6.45) is -1.01. The van der Waals surface area contributed by atoms with Crippen LogP contribution in [-0.4, -0.2) is 47.1 Å². The molecule has 9 heteroatoms. The van der Waals surface area contributed by atoms with Gasteiger partial charge in [0, 0.05) is 45.1 Å². The van der Waals surface area contributed by atoms with Crippen molar-refractivity contribution in [3.05, 3.63) is 53.9 Å². The van der Waals surface area contributed by atoms with Gasteiger partial charge in [-0.3, -0.25) is 0 Å². The molecule has 1 N–H and O–H groups in total. The molecule has 0 aliphatic carbocycles. The first-order valence-corrected chi connectivity index (χ1v) is 8.14. The molecule has 1 saturated heterocycles. The molecule has 6 nitrogen and oxygen atoms in total. The van der Waals surface area contributed by atoms with Crippen molar-refractivity contribution in [2.24, 2.45) is 0 Å². The highest BCUT2D eigenvalue weighted by Crippen LogP contribution is 2.29. The molecule has 1 aromatic carbocycles. The second-order valence-electron chi connectivity index (χ2n) is 5.88. The molecule has 0 bridgehead atoms. The van der Waals surface area contributed by atoms with E-state index < -0.39 is 11.7 Å². The summed E-state index contributed by atoms with van der Waals surface area (Å²) in [5, 5.41) is 2.74. The first kappa shape index (κ1) is 18.0. The van der Waals surface area contributed by atoms with E-state index in [1.54, 1.807) is 23.4 Å². The van der Waals surface area contributed by atoms with Crippen LogP contribution in [0.1, 0.15) is 11.1 Å². The predicted octanol–water partition coefficient (Wildman–Crippen LogP) is 2.53. The van der Waals surface area contributed by atoms with Crippen LogP contribution in [0.5, 0.6) is 0 Å². The average Bonchev–Trinajstić information content (AvgIpc) is 2.66. The first-order valence-electron chi connectivity index (χ1n) is 8.14. The van der Waals surface area contributed by atoms with Crippen molar-refractivity contribution < 1.29 is 18.0 Å². The molecular weight excluding hydrogens is 347 g/mol. The topological polar surface area (TPSA) is 61.4 Å². The van der Waals surface area contributed by atoms with Crippen molar-refractivity contribution in [1.82, 2.24) is 20.2 Å². The Bertz CT molecular complexity index is 728. The van der Waals surface area contributed by atoms with E-state index in [-0.39, 0.29) is 12.6 Å². The number of piperazine rings is 1. The van der Waals surface area contributed by atoms with Crippen molar-refractivity contribution in [3.8, 4) is 0 Å². The lowest BCUT2D eigenvalue weighted by Crippen LogP contribution is -2.52. The van der Waals surface area contributed by atoms with Gasteiger partial charge in [-0.2, -0.15) is 13.2 Å². The monoisotopic (exact) mass is 365 g/mol. The highest BCUT2D eigenvalue weighted by molar-refractivity contribution is 5.74. The van der Waals surface area contributed by atoms with Crippen LogP contribution in [0.25, 0.3) is 0 Å². The number of rotatable bonds is 3. The van der Waals surface area contributed by atoms with Gasteiger partial charge in [0.25, 0.3) is 0 Å². The van der Waals surface area contributed by atoms with Crippen molar-refractivity contribution in [2.45, 2.75) is 12.7 Å². The van der Waals surface area contributed by atoms with Crippen molar-refractivity contribution in [3.63, 3.8) is 0 Å². The highest BCUT2D eigenvalue weighted by atomic mass is 19.4. The van der Waals surface area contributed by atoms with E-state index in [4.69, 9.17) is 0 Å². The second kappa shape index (κ2) is 7.59. The number of carbonyl (C=O) groups is 1. The smallest absolute Gasteiger partial charge is 0.337 e. The summed E-state index contributed by atoms with van der Waals surface area (Å²) in [5.74, 6) is 0.636. The molecule has 0 saturated carbocycles. The maximum Gasteiger partial charge on any atom is 0.416 e.